The minimum Gasteiger partial charge on any atom is -0.354 e. The summed E-state index contributed by atoms with van der Waals surface area (Å²) in [6, 6.07) is 1.35. The molecule has 0 aromatic rings. The van der Waals surface area contributed by atoms with Crippen molar-refractivity contribution in [2.24, 2.45) is 5.73 Å². The van der Waals surface area contributed by atoms with Gasteiger partial charge in [-0.1, -0.05) is 0 Å². The molecular weight excluding hydrogens is 218 g/mol. The number of nitriles is 1. The Balaban J connectivity index is 4.01. The lowest BCUT2D eigenvalue weighted by Gasteiger charge is -2.06. The Morgan fingerprint density at radius 3 is 2.67 bits per heavy atom. The van der Waals surface area contributed by atoms with Crippen LogP contribution in [0.25, 0.3) is 0 Å². The van der Waals surface area contributed by atoms with Crippen LogP contribution in [-0.4, -0.2) is 38.4 Å². The summed E-state index contributed by atoms with van der Waals surface area (Å²) in [5, 5.41) is 10.5. The molecule has 1 unspecified atom stereocenters. The minimum absolute atomic E-state index is 0.166. The first kappa shape index (κ1) is 13.9. The molecule has 3 N–H and O–H groups in total. The molecule has 0 bridgehead atoms. The molecule has 86 valence electrons. The number of rotatable bonds is 6. The predicted molar refractivity (Wildman–Crippen MR) is 55.5 cm³/mol. The highest BCUT2D eigenvalue weighted by Crippen LogP contribution is 1.92. The fourth-order valence-corrected chi connectivity index (χ4v) is 2.39. The van der Waals surface area contributed by atoms with Gasteiger partial charge in [0.1, 0.15) is 5.75 Å². The second-order valence-corrected chi connectivity index (χ2v) is 5.40. The third-order valence-corrected chi connectivity index (χ3v) is 3.16. The fourth-order valence-electron chi connectivity index (χ4n) is 0.968. The molecule has 0 aromatic heterocycles. The predicted octanol–water partition coefficient (Wildman–Crippen LogP) is -1.22. The number of hydrogen-bond donors (Lipinski definition) is 2. The zero-order chi connectivity index (χ0) is 11.9. The van der Waals surface area contributed by atoms with Gasteiger partial charge in [0.05, 0.1) is 18.2 Å². The van der Waals surface area contributed by atoms with E-state index in [1.165, 1.54) is 0 Å². The second-order valence-electron chi connectivity index (χ2n) is 3.29. The van der Waals surface area contributed by atoms with Crippen LogP contribution in [-0.2, 0) is 14.6 Å². The van der Waals surface area contributed by atoms with Gasteiger partial charge in [-0.3, -0.25) is 4.79 Å². The van der Waals surface area contributed by atoms with Crippen LogP contribution >= 0.6 is 0 Å². The van der Waals surface area contributed by atoms with Crippen LogP contribution in [0.3, 0.4) is 0 Å². The van der Waals surface area contributed by atoms with Gasteiger partial charge < -0.3 is 11.1 Å². The topological polar surface area (TPSA) is 113 Å². The number of nitrogens with one attached hydrogen (secondary N) is 1. The van der Waals surface area contributed by atoms with Crippen molar-refractivity contribution < 1.29 is 13.2 Å². The Bertz CT molecular complexity index is 343. The van der Waals surface area contributed by atoms with Crippen LogP contribution < -0.4 is 11.1 Å². The van der Waals surface area contributed by atoms with Gasteiger partial charge in [0.25, 0.3) is 0 Å². The molecule has 6 nitrogen and oxygen atoms in total. The summed E-state index contributed by atoms with van der Waals surface area (Å²) in [5.41, 5.74) is 5.32. The van der Waals surface area contributed by atoms with Crippen LogP contribution in [0.1, 0.15) is 13.3 Å². The average Bonchev–Trinajstić information content (AvgIpc) is 2.00. The molecule has 1 amide bonds. The maximum Gasteiger partial charge on any atom is 0.235 e. The van der Waals surface area contributed by atoms with Crippen molar-refractivity contribution in [1.82, 2.24) is 5.32 Å². The summed E-state index contributed by atoms with van der Waals surface area (Å²) in [7, 11) is -3.44. The molecule has 15 heavy (non-hydrogen) atoms. The molecule has 0 radical (unpaired) electrons. The van der Waals surface area contributed by atoms with E-state index in [0.29, 0.717) is 0 Å². The molecule has 0 saturated heterocycles. The first-order valence-electron chi connectivity index (χ1n) is 4.47. The number of amides is 1. The molecule has 0 saturated carbocycles. The average molecular weight is 233 g/mol. The molecule has 0 aliphatic rings. The van der Waals surface area contributed by atoms with E-state index in [-0.39, 0.29) is 18.7 Å². The van der Waals surface area contributed by atoms with Crippen LogP contribution in [0.2, 0.25) is 0 Å². The summed E-state index contributed by atoms with van der Waals surface area (Å²) in [4.78, 5) is 11.1. The van der Waals surface area contributed by atoms with Crippen molar-refractivity contribution in [1.29, 1.82) is 5.26 Å². The minimum atomic E-state index is -3.44. The van der Waals surface area contributed by atoms with Crippen molar-refractivity contribution in [2.45, 2.75) is 19.4 Å². The molecule has 0 rings (SSSR count). The molecule has 0 aliphatic carbocycles. The summed E-state index contributed by atoms with van der Waals surface area (Å²) in [6.45, 7) is 1.73. The van der Waals surface area contributed by atoms with Gasteiger partial charge in [-0.25, -0.2) is 8.42 Å². The first-order valence-corrected chi connectivity index (χ1v) is 6.29. The van der Waals surface area contributed by atoms with Crippen LogP contribution in [0, 0.1) is 11.3 Å². The number of sulfone groups is 1. The number of carbonyl (C=O) groups is 1. The quantitative estimate of drug-likeness (QED) is 0.558. The van der Waals surface area contributed by atoms with Crippen molar-refractivity contribution in [3.05, 3.63) is 0 Å². The van der Waals surface area contributed by atoms with Crippen LogP contribution in [0.15, 0.2) is 0 Å². The van der Waals surface area contributed by atoms with Crippen molar-refractivity contribution in [3.8, 4) is 6.07 Å². The fraction of sp³-hybridized carbons (Fsp3) is 0.750. The molecule has 0 fully saturated rings. The zero-order valence-electron chi connectivity index (χ0n) is 8.56. The number of hydrogen-bond acceptors (Lipinski definition) is 5. The largest absolute Gasteiger partial charge is 0.354 e. The van der Waals surface area contributed by atoms with E-state index in [1.807, 2.05) is 6.07 Å². The summed E-state index contributed by atoms with van der Waals surface area (Å²) >= 11 is 0. The van der Waals surface area contributed by atoms with Crippen molar-refractivity contribution >= 4 is 15.7 Å². The third-order valence-electron chi connectivity index (χ3n) is 1.43. The van der Waals surface area contributed by atoms with Gasteiger partial charge in [-0.2, -0.15) is 5.26 Å². The number of nitrogens with zero attached hydrogens (tertiary/aromatic N) is 1. The molecule has 0 aromatic carbocycles. The lowest BCUT2D eigenvalue weighted by Crippen LogP contribution is -2.35. The lowest BCUT2D eigenvalue weighted by molar-refractivity contribution is -0.118. The van der Waals surface area contributed by atoms with Gasteiger partial charge in [-0.05, 0) is 6.92 Å². The van der Waals surface area contributed by atoms with Crippen LogP contribution in [0.4, 0.5) is 0 Å². The van der Waals surface area contributed by atoms with E-state index >= 15 is 0 Å². The molecule has 1 atom stereocenters. The summed E-state index contributed by atoms with van der Waals surface area (Å²) in [6.07, 6.45) is 0.166. The molecular formula is C8H15N3O3S. The van der Waals surface area contributed by atoms with E-state index in [2.05, 4.69) is 5.32 Å². The Kier molecular flexibility index (Phi) is 5.89. The van der Waals surface area contributed by atoms with Crippen molar-refractivity contribution in [3.63, 3.8) is 0 Å². The Hall–Kier alpha value is -1.13. The summed E-state index contributed by atoms with van der Waals surface area (Å²) in [5.74, 6) is -1.37. The SMILES string of the molecule is CC(N)CS(=O)(=O)CC(=O)NCCC#N. The molecule has 7 heteroatoms. The zero-order valence-corrected chi connectivity index (χ0v) is 9.38. The van der Waals surface area contributed by atoms with Gasteiger partial charge in [0, 0.05) is 12.6 Å². The number of carbonyl (C=O) groups excluding carboxylic acids is 1. The Morgan fingerprint density at radius 1 is 1.60 bits per heavy atom. The van der Waals surface area contributed by atoms with E-state index < -0.39 is 27.5 Å². The highest BCUT2D eigenvalue weighted by molar-refractivity contribution is 7.92. The summed E-state index contributed by atoms with van der Waals surface area (Å²) < 4.78 is 22.6. The highest BCUT2D eigenvalue weighted by Gasteiger charge is 2.17. The molecule has 0 heterocycles. The second kappa shape index (κ2) is 6.37. The van der Waals surface area contributed by atoms with Gasteiger partial charge >= 0.3 is 0 Å². The maximum atomic E-state index is 11.3. The van der Waals surface area contributed by atoms with Gasteiger partial charge in [0.15, 0.2) is 9.84 Å². The van der Waals surface area contributed by atoms with Gasteiger partial charge in [0.2, 0.25) is 5.91 Å². The maximum absolute atomic E-state index is 11.3. The van der Waals surface area contributed by atoms with E-state index in [4.69, 9.17) is 11.0 Å². The highest BCUT2D eigenvalue weighted by atomic mass is 32.2. The first-order chi connectivity index (χ1) is 6.87. The van der Waals surface area contributed by atoms with E-state index in [0.717, 1.165) is 0 Å². The smallest absolute Gasteiger partial charge is 0.235 e. The Labute approximate surface area is 89.4 Å². The Morgan fingerprint density at radius 2 is 2.20 bits per heavy atom. The lowest BCUT2D eigenvalue weighted by atomic mass is 10.4. The normalized spacial score (nSPS) is 12.9. The molecule has 0 spiro atoms. The third kappa shape index (κ3) is 7.90. The van der Waals surface area contributed by atoms with Crippen LogP contribution in [0.5, 0.6) is 0 Å². The van der Waals surface area contributed by atoms with E-state index in [1.54, 1.807) is 6.92 Å². The standard InChI is InChI=1S/C8H15N3O3S/c1-7(10)5-15(13,14)6-8(12)11-4-2-3-9/h7H,2,4-6,10H2,1H3,(H,11,12). The molecule has 0 aliphatic heterocycles. The number of nitrogens with two attached hydrogens (primary N) is 1. The van der Waals surface area contributed by atoms with Gasteiger partial charge in [-0.15, -0.1) is 0 Å². The van der Waals surface area contributed by atoms with Crippen molar-refractivity contribution in [2.75, 3.05) is 18.1 Å². The van der Waals surface area contributed by atoms with E-state index in [9.17, 15) is 13.2 Å². The monoisotopic (exact) mass is 233 g/mol.